The van der Waals surface area contributed by atoms with Gasteiger partial charge in [-0.05, 0) is 16.7 Å². The number of rotatable bonds is 9. The van der Waals surface area contributed by atoms with Gasteiger partial charge in [0.2, 0.25) is 6.54 Å². The van der Waals surface area contributed by atoms with Gasteiger partial charge in [0.15, 0.2) is 0 Å². The average molecular weight is 405 g/mol. The van der Waals surface area contributed by atoms with Crippen molar-refractivity contribution in [1.82, 2.24) is 4.90 Å². The fourth-order valence-electron chi connectivity index (χ4n) is 3.37. The van der Waals surface area contributed by atoms with Crippen LogP contribution in [0.4, 0.5) is 0 Å². The van der Waals surface area contributed by atoms with Crippen molar-refractivity contribution < 1.29 is 4.92 Å². The Morgan fingerprint density at radius 3 is 1.72 bits per heavy atom. The van der Waals surface area contributed by atoms with Crippen LogP contribution in [0.2, 0.25) is 0 Å². The Hall–Kier alpha value is -3.05. The number of hydrogen-bond donors (Lipinski definition) is 0. The Labute approximate surface area is 177 Å². The Balaban J connectivity index is 1.80. The maximum atomic E-state index is 11.3. The van der Waals surface area contributed by atoms with Crippen molar-refractivity contribution in [3.05, 3.63) is 118 Å². The third kappa shape index (κ3) is 6.50. The van der Waals surface area contributed by atoms with E-state index in [4.69, 9.17) is 12.2 Å². The molecule has 0 saturated heterocycles. The minimum Gasteiger partial charge on any atom is -0.357 e. The van der Waals surface area contributed by atoms with Gasteiger partial charge in [0.05, 0.1) is 10.9 Å². The number of thiocarbonyl (C=S) groups is 1. The Morgan fingerprint density at radius 1 is 0.828 bits per heavy atom. The van der Waals surface area contributed by atoms with E-state index in [0.29, 0.717) is 19.5 Å². The van der Waals surface area contributed by atoms with Crippen LogP contribution in [0.25, 0.3) is 0 Å². The smallest absolute Gasteiger partial charge is 0.211 e. The van der Waals surface area contributed by atoms with Crippen LogP contribution in [0.1, 0.15) is 29.0 Å². The van der Waals surface area contributed by atoms with Gasteiger partial charge in [-0.25, -0.2) is 0 Å². The second-order valence-electron chi connectivity index (χ2n) is 7.05. The van der Waals surface area contributed by atoms with E-state index >= 15 is 0 Å². The predicted molar refractivity (Wildman–Crippen MR) is 120 cm³/mol. The van der Waals surface area contributed by atoms with E-state index < -0.39 is 0 Å². The van der Waals surface area contributed by atoms with E-state index in [2.05, 4.69) is 29.2 Å². The van der Waals surface area contributed by atoms with E-state index in [1.54, 1.807) is 0 Å². The number of benzene rings is 3. The van der Waals surface area contributed by atoms with Crippen LogP contribution in [0.5, 0.6) is 0 Å². The van der Waals surface area contributed by atoms with Crippen LogP contribution >= 0.6 is 12.2 Å². The molecule has 29 heavy (non-hydrogen) atoms. The van der Waals surface area contributed by atoms with Gasteiger partial charge in [0.25, 0.3) is 0 Å². The standard InChI is InChI=1S/C24H24N2O2S/c27-26(28)19-23(22-14-8-3-9-15-22)16-24(29)25(17-20-10-4-1-5-11-20)18-21-12-6-2-7-13-21/h1-15,23H,16-19H2/t23-/m0/s1. The lowest BCUT2D eigenvalue weighted by molar-refractivity contribution is -0.483. The molecule has 0 bridgehead atoms. The second kappa shape index (κ2) is 10.5. The Kier molecular flexibility index (Phi) is 7.47. The summed E-state index contributed by atoms with van der Waals surface area (Å²) in [4.78, 5) is 13.9. The molecule has 0 unspecified atom stereocenters. The predicted octanol–water partition coefficient (Wildman–Crippen LogP) is 5.47. The lowest BCUT2D eigenvalue weighted by Gasteiger charge is -2.27. The lowest BCUT2D eigenvalue weighted by Crippen LogP contribution is -2.31. The Morgan fingerprint density at radius 2 is 1.28 bits per heavy atom. The molecule has 0 fully saturated rings. The van der Waals surface area contributed by atoms with Crippen molar-refractivity contribution in [3.63, 3.8) is 0 Å². The summed E-state index contributed by atoms with van der Waals surface area (Å²) in [5, 5.41) is 11.3. The molecule has 0 saturated carbocycles. The minimum absolute atomic E-state index is 0.130. The summed E-state index contributed by atoms with van der Waals surface area (Å²) < 4.78 is 0. The summed E-state index contributed by atoms with van der Waals surface area (Å²) in [5.41, 5.74) is 3.28. The van der Waals surface area contributed by atoms with Gasteiger partial charge in [-0.3, -0.25) is 10.1 Å². The van der Waals surface area contributed by atoms with Gasteiger partial charge < -0.3 is 4.90 Å². The highest BCUT2D eigenvalue weighted by Gasteiger charge is 2.22. The van der Waals surface area contributed by atoms with Crippen molar-refractivity contribution in [2.75, 3.05) is 6.54 Å². The molecule has 148 valence electrons. The molecule has 3 rings (SSSR count). The molecular weight excluding hydrogens is 380 g/mol. The van der Waals surface area contributed by atoms with Gasteiger partial charge in [0, 0.05) is 24.4 Å². The molecule has 0 radical (unpaired) electrons. The monoisotopic (exact) mass is 404 g/mol. The van der Waals surface area contributed by atoms with Crippen LogP contribution < -0.4 is 0 Å². The van der Waals surface area contributed by atoms with E-state index in [1.807, 2.05) is 66.7 Å². The lowest BCUT2D eigenvalue weighted by atomic mass is 9.95. The van der Waals surface area contributed by atoms with Crippen molar-refractivity contribution in [2.24, 2.45) is 0 Å². The first-order valence-electron chi connectivity index (χ1n) is 9.64. The highest BCUT2D eigenvalue weighted by molar-refractivity contribution is 7.80. The zero-order valence-corrected chi connectivity index (χ0v) is 17.0. The van der Waals surface area contributed by atoms with Crippen molar-refractivity contribution in [2.45, 2.75) is 25.4 Å². The topological polar surface area (TPSA) is 46.4 Å². The summed E-state index contributed by atoms with van der Waals surface area (Å²) in [6, 6.07) is 30.0. The number of nitrogens with zero attached hydrogens (tertiary/aromatic N) is 2. The molecular formula is C24H24N2O2S. The van der Waals surface area contributed by atoms with Crippen LogP contribution in [-0.4, -0.2) is 21.4 Å². The highest BCUT2D eigenvalue weighted by Crippen LogP contribution is 2.23. The number of hydrogen-bond acceptors (Lipinski definition) is 3. The molecule has 0 spiro atoms. The number of nitro groups is 1. The first-order valence-corrected chi connectivity index (χ1v) is 10.0. The van der Waals surface area contributed by atoms with Crippen LogP contribution in [0.15, 0.2) is 91.0 Å². The van der Waals surface area contributed by atoms with Gasteiger partial charge in [-0.15, -0.1) is 0 Å². The molecule has 3 aromatic rings. The van der Waals surface area contributed by atoms with Gasteiger partial charge in [-0.1, -0.05) is 103 Å². The maximum absolute atomic E-state index is 11.3. The van der Waals surface area contributed by atoms with Crippen molar-refractivity contribution >= 4 is 17.2 Å². The second-order valence-corrected chi connectivity index (χ2v) is 7.52. The quantitative estimate of drug-likeness (QED) is 0.270. The molecule has 4 nitrogen and oxygen atoms in total. The van der Waals surface area contributed by atoms with E-state index in [9.17, 15) is 10.1 Å². The normalized spacial score (nSPS) is 11.6. The van der Waals surface area contributed by atoms with Crippen LogP contribution in [0, 0.1) is 10.1 Å². The van der Waals surface area contributed by atoms with Crippen molar-refractivity contribution in [3.8, 4) is 0 Å². The van der Waals surface area contributed by atoms with E-state index in [-0.39, 0.29) is 17.4 Å². The maximum Gasteiger partial charge on any atom is 0.211 e. The molecule has 3 aromatic carbocycles. The minimum atomic E-state index is -0.251. The van der Waals surface area contributed by atoms with Gasteiger partial charge in [-0.2, -0.15) is 0 Å². The summed E-state index contributed by atoms with van der Waals surface area (Å²) in [5.74, 6) is -0.243. The highest BCUT2D eigenvalue weighted by atomic mass is 32.1. The third-order valence-corrected chi connectivity index (χ3v) is 5.27. The van der Waals surface area contributed by atoms with Gasteiger partial charge >= 0.3 is 0 Å². The summed E-state index contributed by atoms with van der Waals surface area (Å²) in [6.07, 6.45) is 0.472. The first kappa shape index (κ1) is 20.7. The third-order valence-electron chi connectivity index (χ3n) is 4.85. The molecule has 0 N–H and O–H groups in total. The largest absolute Gasteiger partial charge is 0.357 e. The van der Waals surface area contributed by atoms with Crippen molar-refractivity contribution in [1.29, 1.82) is 0 Å². The molecule has 0 aliphatic rings. The molecule has 0 aliphatic carbocycles. The van der Waals surface area contributed by atoms with Crippen LogP contribution in [0.3, 0.4) is 0 Å². The molecule has 1 atom stereocenters. The van der Waals surface area contributed by atoms with Gasteiger partial charge in [0.1, 0.15) is 0 Å². The first-order chi connectivity index (χ1) is 14.1. The van der Waals surface area contributed by atoms with E-state index in [0.717, 1.165) is 21.7 Å². The molecule has 5 heteroatoms. The summed E-state index contributed by atoms with van der Waals surface area (Å²) in [6.45, 7) is 1.22. The average Bonchev–Trinajstić information content (AvgIpc) is 2.74. The fourth-order valence-corrected chi connectivity index (χ4v) is 3.70. The summed E-state index contributed by atoms with van der Waals surface area (Å²) >= 11 is 5.81. The SMILES string of the molecule is O=[N+]([O-])C[C@H](CC(=S)N(Cc1ccccc1)Cc1ccccc1)c1ccccc1. The molecule has 0 heterocycles. The molecule has 0 aromatic heterocycles. The van der Waals surface area contributed by atoms with Crippen LogP contribution in [-0.2, 0) is 13.1 Å². The van der Waals surface area contributed by atoms with E-state index in [1.165, 1.54) is 0 Å². The fraction of sp³-hybridized carbons (Fsp3) is 0.208. The molecule has 0 aliphatic heterocycles. The summed E-state index contributed by atoms with van der Waals surface area (Å²) in [7, 11) is 0. The molecule has 0 amide bonds. The zero-order chi connectivity index (χ0) is 20.5. The Bertz CT molecular complexity index is 876. The zero-order valence-electron chi connectivity index (χ0n) is 16.2.